The SMILES string of the molecule is O=C(COC(=O)COc1cccc(Cl)c1)NC(=O)NC1CCCCC1. The zero-order valence-corrected chi connectivity index (χ0v) is 14.5. The van der Waals surface area contributed by atoms with E-state index < -0.39 is 24.5 Å². The average molecular weight is 369 g/mol. The topological polar surface area (TPSA) is 93.7 Å². The Bertz CT molecular complexity index is 617. The lowest BCUT2D eigenvalue weighted by molar-refractivity contribution is -0.150. The number of halogens is 1. The third-order valence-electron chi connectivity index (χ3n) is 3.71. The van der Waals surface area contributed by atoms with Gasteiger partial charge in [0.05, 0.1) is 0 Å². The van der Waals surface area contributed by atoms with Gasteiger partial charge in [0.25, 0.3) is 5.91 Å². The molecule has 0 radical (unpaired) electrons. The highest BCUT2D eigenvalue weighted by Gasteiger charge is 2.17. The fraction of sp³-hybridized carbons (Fsp3) is 0.471. The van der Waals surface area contributed by atoms with Gasteiger partial charge in [0.2, 0.25) is 0 Å². The number of amides is 3. The van der Waals surface area contributed by atoms with Crippen molar-refractivity contribution in [3.05, 3.63) is 29.3 Å². The normalized spacial score (nSPS) is 14.4. The molecule has 1 aromatic carbocycles. The van der Waals surface area contributed by atoms with Crippen LogP contribution in [0.2, 0.25) is 5.02 Å². The minimum Gasteiger partial charge on any atom is -0.482 e. The maximum atomic E-state index is 11.7. The molecule has 0 heterocycles. The Morgan fingerprint density at radius 3 is 2.60 bits per heavy atom. The second-order valence-electron chi connectivity index (χ2n) is 5.76. The minimum atomic E-state index is -0.720. The molecule has 8 heteroatoms. The molecule has 1 saturated carbocycles. The van der Waals surface area contributed by atoms with E-state index in [0.717, 1.165) is 25.7 Å². The molecule has 1 aliphatic rings. The molecule has 2 N–H and O–H groups in total. The molecule has 2 rings (SSSR count). The van der Waals surface area contributed by atoms with Gasteiger partial charge >= 0.3 is 12.0 Å². The Kier molecular flexibility index (Phi) is 7.53. The quantitative estimate of drug-likeness (QED) is 0.752. The van der Waals surface area contributed by atoms with E-state index in [1.165, 1.54) is 6.42 Å². The van der Waals surface area contributed by atoms with Gasteiger partial charge in [0.15, 0.2) is 13.2 Å². The smallest absolute Gasteiger partial charge is 0.344 e. The molecule has 3 amide bonds. The summed E-state index contributed by atoms with van der Waals surface area (Å²) in [6, 6.07) is 6.08. The monoisotopic (exact) mass is 368 g/mol. The van der Waals surface area contributed by atoms with E-state index in [1.807, 2.05) is 0 Å². The molecule has 1 fully saturated rings. The van der Waals surface area contributed by atoms with Crippen molar-refractivity contribution >= 4 is 29.5 Å². The van der Waals surface area contributed by atoms with Crippen LogP contribution in [0.1, 0.15) is 32.1 Å². The molecule has 1 aromatic rings. The molecule has 0 spiro atoms. The third-order valence-corrected chi connectivity index (χ3v) is 3.95. The number of ether oxygens (including phenoxy) is 2. The van der Waals surface area contributed by atoms with Crippen LogP contribution in [0.5, 0.6) is 5.75 Å². The zero-order valence-electron chi connectivity index (χ0n) is 13.8. The summed E-state index contributed by atoms with van der Waals surface area (Å²) < 4.78 is 9.95. The largest absolute Gasteiger partial charge is 0.482 e. The molecule has 0 saturated heterocycles. The van der Waals surface area contributed by atoms with Gasteiger partial charge in [0, 0.05) is 11.1 Å². The number of benzene rings is 1. The van der Waals surface area contributed by atoms with Crippen LogP contribution in [-0.2, 0) is 14.3 Å². The van der Waals surface area contributed by atoms with Crippen molar-refractivity contribution in [2.45, 2.75) is 38.1 Å². The summed E-state index contributed by atoms with van der Waals surface area (Å²) in [7, 11) is 0. The summed E-state index contributed by atoms with van der Waals surface area (Å²) in [5.41, 5.74) is 0. The van der Waals surface area contributed by atoms with Crippen LogP contribution in [0.3, 0.4) is 0 Å². The summed E-state index contributed by atoms with van der Waals surface area (Å²) >= 11 is 5.79. The van der Waals surface area contributed by atoms with Crippen LogP contribution in [0, 0.1) is 0 Å². The van der Waals surface area contributed by atoms with Crippen LogP contribution in [-0.4, -0.2) is 37.2 Å². The Labute approximate surface area is 151 Å². The van der Waals surface area contributed by atoms with Crippen LogP contribution < -0.4 is 15.4 Å². The zero-order chi connectivity index (χ0) is 18.1. The highest BCUT2D eigenvalue weighted by atomic mass is 35.5. The second-order valence-corrected chi connectivity index (χ2v) is 6.20. The Morgan fingerprint density at radius 1 is 1.12 bits per heavy atom. The highest BCUT2D eigenvalue weighted by Crippen LogP contribution is 2.17. The second kappa shape index (κ2) is 9.88. The van der Waals surface area contributed by atoms with Gasteiger partial charge in [0.1, 0.15) is 5.75 Å². The maximum Gasteiger partial charge on any atom is 0.344 e. The fourth-order valence-electron chi connectivity index (χ4n) is 2.52. The number of imide groups is 1. The van der Waals surface area contributed by atoms with E-state index in [9.17, 15) is 14.4 Å². The summed E-state index contributed by atoms with van der Waals surface area (Å²) in [6.45, 7) is -0.905. The number of carbonyl (C=O) groups is 3. The Hall–Kier alpha value is -2.28. The number of hydrogen-bond donors (Lipinski definition) is 2. The molecular weight excluding hydrogens is 348 g/mol. The fourth-order valence-corrected chi connectivity index (χ4v) is 2.70. The first-order chi connectivity index (χ1) is 12.0. The molecule has 7 nitrogen and oxygen atoms in total. The summed E-state index contributed by atoms with van der Waals surface area (Å²) in [5.74, 6) is -0.993. The molecule has 0 atom stereocenters. The lowest BCUT2D eigenvalue weighted by atomic mass is 9.96. The van der Waals surface area contributed by atoms with Gasteiger partial charge in [-0.3, -0.25) is 10.1 Å². The van der Waals surface area contributed by atoms with E-state index >= 15 is 0 Å². The van der Waals surface area contributed by atoms with E-state index in [0.29, 0.717) is 10.8 Å². The van der Waals surface area contributed by atoms with Gasteiger partial charge < -0.3 is 14.8 Å². The molecule has 136 valence electrons. The van der Waals surface area contributed by atoms with Crippen LogP contribution >= 0.6 is 11.6 Å². The number of urea groups is 1. The highest BCUT2D eigenvalue weighted by molar-refractivity contribution is 6.30. The van der Waals surface area contributed by atoms with Crippen molar-refractivity contribution in [2.75, 3.05) is 13.2 Å². The number of rotatable bonds is 6. The molecule has 1 aliphatic carbocycles. The predicted octanol–water partition coefficient (Wildman–Crippen LogP) is 2.42. The van der Waals surface area contributed by atoms with Gasteiger partial charge in [-0.15, -0.1) is 0 Å². The van der Waals surface area contributed by atoms with Gasteiger partial charge in [-0.05, 0) is 31.0 Å². The van der Waals surface area contributed by atoms with Crippen molar-refractivity contribution in [3.8, 4) is 5.75 Å². The number of carbonyl (C=O) groups excluding carboxylic acids is 3. The lowest BCUT2D eigenvalue weighted by Crippen LogP contribution is -2.46. The lowest BCUT2D eigenvalue weighted by Gasteiger charge is -2.22. The molecule has 0 aromatic heterocycles. The molecule has 25 heavy (non-hydrogen) atoms. The predicted molar refractivity (Wildman–Crippen MR) is 91.5 cm³/mol. The van der Waals surface area contributed by atoms with Crippen LogP contribution in [0.15, 0.2) is 24.3 Å². The summed E-state index contributed by atoms with van der Waals surface area (Å²) in [6.07, 6.45) is 5.15. The first-order valence-electron chi connectivity index (χ1n) is 8.17. The van der Waals surface area contributed by atoms with E-state index in [4.69, 9.17) is 21.1 Å². The van der Waals surface area contributed by atoms with Gasteiger partial charge in [-0.2, -0.15) is 0 Å². The van der Waals surface area contributed by atoms with Crippen molar-refractivity contribution in [3.63, 3.8) is 0 Å². The van der Waals surface area contributed by atoms with E-state index in [-0.39, 0.29) is 12.6 Å². The van der Waals surface area contributed by atoms with Crippen LogP contribution in [0.4, 0.5) is 4.79 Å². The summed E-state index contributed by atoms with van der Waals surface area (Å²) in [4.78, 5) is 34.8. The first kappa shape index (κ1) is 19.1. The standard InChI is InChI=1S/C17H21ClN2O5/c18-12-5-4-8-14(9-12)24-11-16(22)25-10-15(21)20-17(23)19-13-6-2-1-3-7-13/h4-5,8-9,13H,1-3,6-7,10-11H2,(H2,19,20,21,23). The minimum absolute atomic E-state index is 0.0928. The summed E-state index contributed by atoms with van der Waals surface area (Å²) in [5, 5.41) is 5.36. The molecule has 0 unspecified atom stereocenters. The number of hydrogen-bond acceptors (Lipinski definition) is 5. The molecule has 0 aliphatic heterocycles. The van der Waals surface area contributed by atoms with E-state index in [1.54, 1.807) is 24.3 Å². The van der Waals surface area contributed by atoms with Crippen molar-refractivity contribution in [1.29, 1.82) is 0 Å². The van der Waals surface area contributed by atoms with Crippen molar-refractivity contribution < 1.29 is 23.9 Å². The number of esters is 1. The third kappa shape index (κ3) is 7.43. The molecular formula is C17H21ClN2O5. The number of nitrogens with one attached hydrogen (secondary N) is 2. The van der Waals surface area contributed by atoms with Gasteiger partial charge in [-0.1, -0.05) is 36.9 Å². The Morgan fingerprint density at radius 2 is 1.88 bits per heavy atom. The van der Waals surface area contributed by atoms with Crippen LogP contribution in [0.25, 0.3) is 0 Å². The first-order valence-corrected chi connectivity index (χ1v) is 8.55. The van der Waals surface area contributed by atoms with Crippen molar-refractivity contribution in [1.82, 2.24) is 10.6 Å². The van der Waals surface area contributed by atoms with E-state index in [2.05, 4.69) is 10.6 Å². The van der Waals surface area contributed by atoms with Gasteiger partial charge in [-0.25, -0.2) is 9.59 Å². The Balaban J connectivity index is 1.61. The maximum absolute atomic E-state index is 11.7. The molecule has 0 bridgehead atoms. The average Bonchev–Trinajstić information content (AvgIpc) is 2.59. The van der Waals surface area contributed by atoms with Crippen molar-refractivity contribution in [2.24, 2.45) is 0 Å².